The van der Waals surface area contributed by atoms with E-state index in [0.29, 0.717) is 11.3 Å². The number of hydrogen-bond acceptors (Lipinski definition) is 1. The van der Waals surface area contributed by atoms with Crippen LogP contribution in [0, 0.1) is 11.3 Å². The first-order chi connectivity index (χ1) is 8.99. The van der Waals surface area contributed by atoms with Crippen LogP contribution in [-0.4, -0.2) is 12.1 Å². The summed E-state index contributed by atoms with van der Waals surface area (Å²) in [5, 5.41) is 3.76. The highest BCUT2D eigenvalue weighted by Crippen LogP contribution is 2.22. The molecule has 0 spiro atoms. The molecule has 0 saturated heterocycles. The second-order valence-electron chi connectivity index (χ2n) is 8.03. The van der Waals surface area contributed by atoms with Gasteiger partial charge in [-0.25, -0.2) is 0 Å². The van der Waals surface area contributed by atoms with E-state index in [1.165, 1.54) is 17.6 Å². The molecule has 1 N–H and O–H groups in total. The smallest absolute Gasteiger partial charge is 0.0338 e. The zero-order chi connectivity index (χ0) is 16.0. The van der Waals surface area contributed by atoms with E-state index in [1.54, 1.807) is 0 Å². The van der Waals surface area contributed by atoms with Crippen LogP contribution >= 0.6 is 0 Å². The summed E-state index contributed by atoms with van der Waals surface area (Å²) in [5.74, 6) is 0.570. The monoisotopic (exact) mass is 279 g/mol. The number of hydrogen-bond donors (Lipinski definition) is 1. The van der Waals surface area contributed by atoms with Crippen LogP contribution in [0.15, 0.2) is 23.3 Å². The minimum atomic E-state index is 0.0941. The molecule has 0 saturated carbocycles. The van der Waals surface area contributed by atoms with Crippen molar-refractivity contribution < 1.29 is 0 Å². The Labute approximate surface area is 127 Å². The van der Waals surface area contributed by atoms with Gasteiger partial charge in [0.25, 0.3) is 0 Å². The molecule has 1 nitrogen and oxygen atoms in total. The highest BCUT2D eigenvalue weighted by molar-refractivity contribution is 5.27. The van der Waals surface area contributed by atoms with Gasteiger partial charge in [0.2, 0.25) is 0 Å². The van der Waals surface area contributed by atoms with Crippen molar-refractivity contribution in [1.82, 2.24) is 5.32 Å². The molecule has 0 rings (SSSR count). The van der Waals surface area contributed by atoms with E-state index in [1.807, 2.05) is 0 Å². The van der Waals surface area contributed by atoms with Crippen molar-refractivity contribution in [2.24, 2.45) is 11.3 Å². The maximum atomic E-state index is 3.76. The Morgan fingerprint density at radius 1 is 1.10 bits per heavy atom. The van der Waals surface area contributed by atoms with Crippen molar-refractivity contribution in [2.75, 3.05) is 6.54 Å². The van der Waals surface area contributed by atoms with Crippen molar-refractivity contribution in [3.05, 3.63) is 23.3 Å². The van der Waals surface area contributed by atoms with Gasteiger partial charge in [-0.1, -0.05) is 59.3 Å². The SMILES string of the molecule is CCC(C)(/C=C(\C=C(C)C)C(C)C)NCCC(C)(C)C. The van der Waals surface area contributed by atoms with Crippen LogP contribution < -0.4 is 5.32 Å². The molecule has 0 heterocycles. The molecule has 0 aromatic carbocycles. The Hall–Kier alpha value is -0.560. The number of nitrogens with one attached hydrogen (secondary N) is 1. The molecule has 1 atom stereocenters. The zero-order valence-electron chi connectivity index (χ0n) is 15.4. The van der Waals surface area contributed by atoms with Crippen LogP contribution in [-0.2, 0) is 0 Å². The summed E-state index contributed by atoms with van der Waals surface area (Å²) >= 11 is 0. The average Bonchev–Trinajstić information content (AvgIpc) is 2.25. The van der Waals surface area contributed by atoms with Crippen LogP contribution in [0.1, 0.15) is 75.2 Å². The molecular weight excluding hydrogens is 242 g/mol. The minimum absolute atomic E-state index is 0.0941. The lowest BCUT2D eigenvalue weighted by atomic mass is 9.88. The maximum absolute atomic E-state index is 3.76. The third-order valence-corrected chi connectivity index (χ3v) is 3.75. The van der Waals surface area contributed by atoms with Crippen LogP contribution in [0.25, 0.3) is 0 Å². The van der Waals surface area contributed by atoms with Crippen LogP contribution in [0.3, 0.4) is 0 Å². The van der Waals surface area contributed by atoms with Gasteiger partial charge in [-0.3, -0.25) is 0 Å². The van der Waals surface area contributed by atoms with E-state index in [0.717, 1.165) is 13.0 Å². The zero-order valence-corrected chi connectivity index (χ0v) is 15.4. The van der Waals surface area contributed by atoms with E-state index in [9.17, 15) is 0 Å². The molecule has 0 bridgehead atoms. The quantitative estimate of drug-likeness (QED) is 0.587. The van der Waals surface area contributed by atoms with Gasteiger partial charge >= 0.3 is 0 Å². The van der Waals surface area contributed by atoms with Gasteiger partial charge in [-0.05, 0) is 57.1 Å². The molecule has 0 amide bonds. The molecular formula is C19H37N. The van der Waals surface area contributed by atoms with Gasteiger partial charge in [0.15, 0.2) is 0 Å². The van der Waals surface area contributed by atoms with Crippen LogP contribution in [0.2, 0.25) is 0 Å². The highest BCUT2D eigenvalue weighted by Gasteiger charge is 2.20. The fourth-order valence-corrected chi connectivity index (χ4v) is 2.08. The lowest BCUT2D eigenvalue weighted by molar-refractivity contribution is 0.331. The van der Waals surface area contributed by atoms with E-state index < -0.39 is 0 Å². The summed E-state index contributed by atoms with van der Waals surface area (Å²) in [6.07, 6.45) is 7.08. The molecule has 1 unspecified atom stereocenters. The fraction of sp³-hybridized carbons (Fsp3) is 0.789. The molecule has 0 radical (unpaired) electrons. The Morgan fingerprint density at radius 2 is 1.65 bits per heavy atom. The molecule has 0 aromatic heterocycles. The minimum Gasteiger partial charge on any atom is -0.308 e. The molecule has 0 aliphatic rings. The third-order valence-electron chi connectivity index (χ3n) is 3.75. The van der Waals surface area contributed by atoms with Crippen LogP contribution in [0.4, 0.5) is 0 Å². The summed E-state index contributed by atoms with van der Waals surface area (Å²) in [5.41, 5.74) is 3.30. The first-order valence-electron chi connectivity index (χ1n) is 8.12. The lowest BCUT2D eigenvalue weighted by Gasteiger charge is -2.30. The second kappa shape index (κ2) is 8.02. The van der Waals surface area contributed by atoms with Gasteiger partial charge in [0.1, 0.15) is 0 Å². The van der Waals surface area contributed by atoms with E-state index >= 15 is 0 Å². The van der Waals surface area contributed by atoms with E-state index in [2.05, 4.69) is 79.8 Å². The molecule has 1 heteroatoms. The first-order valence-corrected chi connectivity index (χ1v) is 8.12. The Morgan fingerprint density at radius 3 is 2.00 bits per heavy atom. The molecule has 0 aromatic rings. The number of allylic oxidation sites excluding steroid dienone is 3. The van der Waals surface area contributed by atoms with Crippen molar-refractivity contribution >= 4 is 0 Å². The standard InChI is InChI=1S/C19H37N/c1-10-19(9,20-12-11-18(6,7)8)14-17(16(4)5)13-15(2)3/h13-14,16,20H,10-12H2,1-9H3/b17-14+. The van der Waals surface area contributed by atoms with Crippen molar-refractivity contribution in [1.29, 1.82) is 0 Å². The molecule has 0 aliphatic heterocycles. The highest BCUT2D eigenvalue weighted by atomic mass is 15.0. The molecule has 0 aliphatic carbocycles. The van der Waals surface area contributed by atoms with Crippen molar-refractivity contribution in [2.45, 2.75) is 80.7 Å². The van der Waals surface area contributed by atoms with Gasteiger partial charge < -0.3 is 5.32 Å². The van der Waals surface area contributed by atoms with Crippen LogP contribution in [0.5, 0.6) is 0 Å². The summed E-state index contributed by atoms with van der Waals surface area (Å²) in [6.45, 7) is 21.5. The molecule has 20 heavy (non-hydrogen) atoms. The summed E-state index contributed by atoms with van der Waals surface area (Å²) < 4.78 is 0. The molecule has 118 valence electrons. The summed E-state index contributed by atoms with van der Waals surface area (Å²) in [6, 6.07) is 0. The normalized spacial score (nSPS) is 16.2. The fourth-order valence-electron chi connectivity index (χ4n) is 2.08. The van der Waals surface area contributed by atoms with Gasteiger partial charge in [0, 0.05) is 5.54 Å². The predicted octanol–water partition coefficient (Wildman–Crippen LogP) is 5.73. The number of rotatable bonds is 7. The Balaban J connectivity index is 4.96. The lowest BCUT2D eigenvalue weighted by Crippen LogP contribution is -2.41. The van der Waals surface area contributed by atoms with Gasteiger partial charge in [-0.15, -0.1) is 0 Å². The topological polar surface area (TPSA) is 12.0 Å². The predicted molar refractivity (Wildman–Crippen MR) is 93.1 cm³/mol. The summed E-state index contributed by atoms with van der Waals surface area (Å²) in [7, 11) is 0. The van der Waals surface area contributed by atoms with Crippen molar-refractivity contribution in [3.63, 3.8) is 0 Å². The average molecular weight is 280 g/mol. The first kappa shape index (κ1) is 19.4. The second-order valence-corrected chi connectivity index (χ2v) is 8.03. The Kier molecular flexibility index (Phi) is 7.80. The van der Waals surface area contributed by atoms with Crippen molar-refractivity contribution in [3.8, 4) is 0 Å². The molecule has 0 fully saturated rings. The maximum Gasteiger partial charge on any atom is 0.0338 e. The van der Waals surface area contributed by atoms with Gasteiger partial charge in [0.05, 0.1) is 0 Å². The summed E-state index contributed by atoms with van der Waals surface area (Å²) in [4.78, 5) is 0. The van der Waals surface area contributed by atoms with E-state index in [4.69, 9.17) is 0 Å². The Bertz CT molecular complexity index is 337. The largest absolute Gasteiger partial charge is 0.308 e. The van der Waals surface area contributed by atoms with E-state index in [-0.39, 0.29) is 5.54 Å². The third kappa shape index (κ3) is 8.58. The van der Waals surface area contributed by atoms with Gasteiger partial charge in [-0.2, -0.15) is 0 Å².